The van der Waals surface area contributed by atoms with Gasteiger partial charge in [0.05, 0.1) is 0 Å². The Morgan fingerprint density at radius 2 is 1.71 bits per heavy atom. The molecular weight excluding hydrogens is 247 g/mol. The van der Waals surface area contributed by atoms with Crippen molar-refractivity contribution in [3.8, 4) is 0 Å². The van der Waals surface area contributed by atoms with Crippen molar-refractivity contribution in [3.63, 3.8) is 0 Å². The molecule has 0 unspecified atom stereocenters. The number of nitrogens with zero attached hydrogens (tertiary/aromatic N) is 1. The zero-order chi connectivity index (χ0) is 10.3. The first-order chi connectivity index (χ1) is 6.58. The van der Waals surface area contributed by atoms with Crippen molar-refractivity contribution in [2.24, 2.45) is 0 Å². The van der Waals surface area contributed by atoms with Crippen LogP contribution in [0.5, 0.6) is 0 Å². The molecular formula is C9H3Cl3FN. The topological polar surface area (TPSA) is 12.9 Å². The Morgan fingerprint density at radius 1 is 1.00 bits per heavy atom. The first kappa shape index (κ1) is 9.97. The fourth-order valence-electron chi connectivity index (χ4n) is 1.21. The highest BCUT2D eigenvalue weighted by molar-refractivity contribution is 6.37. The van der Waals surface area contributed by atoms with Crippen LogP contribution in [0.15, 0.2) is 18.2 Å². The summed E-state index contributed by atoms with van der Waals surface area (Å²) in [4.78, 5) is 3.79. The molecule has 0 N–H and O–H groups in total. The van der Waals surface area contributed by atoms with Crippen LogP contribution in [0.4, 0.5) is 4.39 Å². The highest BCUT2D eigenvalue weighted by Crippen LogP contribution is 2.29. The summed E-state index contributed by atoms with van der Waals surface area (Å²) in [6.07, 6.45) is 0. The highest BCUT2D eigenvalue weighted by Gasteiger charge is 2.08. The third-order valence-electron chi connectivity index (χ3n) is 1.78. The van der Waals surface area contributed by atoms with Crippen LogP contribution < -0.4 is 0 Å². The molecule has 2 rings (SSSR count). The van der Waals surface area contributed by atoms with Crippen molar-refractivity contribution in [1.29, 1.82) is 0 Å². The maximum absolute atomic E-state index is 13.4. The van der Waals surface area contributed by atoms with Crippen LogP contribution in [0.1, 0.15) is 0 Å². The van der Waals surface area contributed by atoms with Crippen LogP contribution in [0, 0.1) is 5.82 Å². The van der Waals surface area contributed by atoms with Gasteiger partial charge >= 0.3 is 0 Å². The summed E-state index contributed by atoms with van der Waals surface area (Å²) in [6.45, 7) is 0. The average molecular weight is 250 g/mol. The number of hydrogen-bond donors (Lipinski definition) is 0. The third kappa shape index (κ3) is 1.65. The van der Waals surface area contributed by atoms with Crippen molar-refractivity contribution in [2.75, 3.05) is 0 Å². The molecule has 1 nitrogen and oxygen atoms in total. The molecule has 0 radical (unpaired) electrons. The lowest BCUT2D eigenvalue weighted by Gasteiger charge is -2.02. The molecule has 0 amide bonds. The van der Waals surface area contributed by atoms with Gasteiger partial charge in [-0.1, -0.05) is 34.8 Å². The molecule has 14 heavy (non-hydrogen) atoms. The molecule has 0 saturated carbocycles. The Bertz CT molecular complexity index is 466. The van der Waals surface area contributed by atoms with Gasteiger partial charge < -0.3 is 0 Å². The van der Waals surface area contributed by atoms with Crippen LogP contribution in [-0.2, 0) is 0 Å². The van der Waals surface area contributed by atoms with E-state index < -0.39 is 5.82 Å². The standard InChI is InChI=1S/C9H3Cl3FN/c10-4-1-6-5(7(13)2-4)3-8(11)14-9(6)12/h1-3H. The minimum absolute atomic E-state index is 0.147. The lowest BCUT2D eigenvalue weighted by molar-refractivity contribution is 0.640. The van der Waals surface area contributed by atoms with E-state index in [1.807, 2.05) is 0 Å². The minimum atomic E-state index is -0.460. The average Bonchev–Trinajstić information content (AvgIpc) is 2.07. The molecule has 1 aromatic heterocycles. The summed E-state index contributed by atoms with van der Waals surface area (Å²) < 4.78 is 13.4. The van der Waals surface area contributed by atoms with Crippen LogP contribution in [0.25, 0.3) is 10.8 Å². The van der Waals surface area contributed by atoms with E-state index in [4.69, 9.17) is 34.8 Å². The molecule has 2 aromatic rings. The summed E-state index contributed by atoms with van der Waals surface area (Å²) in [6, 6.07) is 4.16. The molecule has 72 valence electrons. The van der Waals surface area contributed by atoms with Gasteiger partial charge in [0.15, 0.2) is 0 Å². The van der Waals surface area contributed by atoms with Gasteiger partial charge in [-0.3, -0.25) is 0 Å². The summed E-state index contributed by atoms with van der Waals surface area (Å²) >= 11 is 17.1. The van der Waals surface area contributed by atoms with Crippen molar-refractivity contribution >= 4 is 45.6 Å². The lowest BCUT2D eigenvalue weighted by atomic mass is 10.2. The van der Waals surface area contributed by atoms with Crippen molar-refractivity contribution < 1.29 is 4.39 Å². The van der Waals surface area contributed by atoms with Gasteiger partial charge in [-0.05, 0) is 18.2 Å². The fraction of sp³-hybridized carbons (Fsp3) is 0. The van der Waals surface area contributed by atoms with Gasteiger partial charge in [-0.2, -0.15) is 0 Å². The molecule has 0 spiro atoms. The minimum Gasteiger partial charge on any atom is -0.224 e. The summed E-state index contributed by atoms with van der Waals surface area (Å²) in [5.41, 5.74) is 0. The molecule has 0 aliphatic carbocycles. The van der Waals surface area contributed by atoms with E-state index in [9.17, 15) is 4.39 Å². The molecule has 1 heterocycles. The first-order valence-corrected chi connectivity index (χ1v) is 4.82. The SMILES string of the molecule is Fc1cc(Cl)cc2c(Cl)nc(Cl)cc12. The van der Waals surface area contributed by atoms with Crippen molar-refractivity contribution in [1.82, 2.24) is 4.98 Å². The Morgan fingerprint density at radius 3 is 2.43 bits per heavy atom. The van der Waals surface area contributed by atoms with Gasteiger partial charge in [-0.15, -0.1) is 0 Å². The number of fused-ring (bicyclic) bond motifs is 1. The molecule has 1 aromatic carbocycles. The third-order valence-corrected chi connectivity index (χ3v) is 2.48. The second-order valence-corrected chi connectivity index (χ2v) is 3.90. The molecule has 0 bridgehead atoms. The normalized spacial score (nSPS) is 10.9. The van der Waals surface area contributed by atoms with E-state index in [1.54, 1.807) is 6.07 Å². The second-order valence-electron chi connectivity index (χ2n) is 2.72. The molecule has 0 atom stereocenters. The van der Waals surface area contributed by atoms with E-state index in [0.29, 0.717) is 10.8 Å². The Hall–Kier alpha value is -0.570. The Balaban J connectivity index is 2.94. The van der Waals surface area contributed by atoms with Crippen LogP contribution >= 0.6 is 34.8 Å². The van der Waals surface area contributed by atoms with Crippen molar-refractivity contribution in [3.05, 3.63) is 39.3 Å². The molecule has 5 heteroatoms. The first-order valence-electron chi connectivity index (χ1n) is 3.69. The molecule has 0 aliphatic heterocycles. The maximum Gasteiger partial charge on any atom is 0.138 e. The number of rotatable bonds is 0. The fourth-order valence-corrected chi connectivity index (χ4v) is 1.90. The number of pyridine rings is 1. The monoisotopic (exact) mass is 249 g/mol. The smallest absolute Gasteiger partial charge is 0.138 e. The second kappa shape index (κ2) is 3.54. The van der Waals surface area contributed by atoms with Crippen LogP contribution in [0.3, 0.4) is 0 Å². The quantitative estimate of drug-likeness (QED) is 0.634. The Labute approximate surface area is 94.4 Å². The number of hydrogen-bond acceptors (Lipinski definition) is 1. The van der Waals surface area contributed by atoms with Gasteiger partial charge in [0.1, 0.15) is 16.1 Å². The van der Waals surface area contributed by atoms with E-state index in [2.05, 4.69) is 4.98 Å². The Kier molecular flexibility index (Phi) is 2.52. The van der Waals surface area contributed by atoms with Gasteiger partial charge in [0.2, 0.25) is 0 Å². The van der Waals surface area contributed by atoms with Crippen LogP contribution in [-0.4, -0.2) is 4.98 Å². The summed E-state index contributed by atoms with van der Waals surface area (Å²) in [5, 5.41) is 1.36. The zero-order valence-corrected chi connectivity index (χ0v) is 8.96. The maximum atomic E-state index is 13.4. The number of aromatic nitrogens is 1. The van der Waals surface area contributed by atoms with Gasteiger partial charge in [-0.25, -0.2) is 9.37 Å². The molecule has 0 saturated heterocycles. The van der Waals surface area contributed by atoms with E-state index >= 15 is 0 Å². The largest absolute Gasteiger partial charge is 0.224 e. The van der Waals surface area contributed by atoms with E-state index in [-0.39, 0.29) is 15.3 Å². The molecule has 0 fully saturated rings. The zero-order valence-electron chi connectivity index (χ0n) is 6.69. The van der Waals surface area contributed by atoms with E-state index in [0.717, 1.165) is 0 Å². The number of benzene rings is 1. The summed E-state index contributed by atoms with van der Waals surface area (Å²) in [7, 11) is 0. The predicted molar refractivity (Wildman–Crippen MR) is 56.7 cm³/mol. The molecule has 0 aliphatic rings. The lowest BCUT2D eigenvalue weighted by Crippen LogP contribution is -1.85. The number of halogens is 4. The van der Waals surface area contributed by atoms with Crippen LogP contribution in [0.2, 0.25) is 15.3 Å². The predicted octanol–water partition coefficient (Wildman–Crippen LogP) is 4.33. The summed E-state index contributed by atoms with van der Waals surface area (Å²) in [5.74, 6) is -0.460. The highest BCUT2D eigenvalue weighted by atomic mass is 35.5. The van der Waals surface area contributed by atoms with Gasteiger partial charge in [0, 0.05) is 15.8 Å². The van der Waals surface area contributed by atoms with E-state index in [1.165, 1.54) is 12.1 Å². The van der Waals surface area contributed by atoms with Gasteiger partial charge in [0.25, 0.3) is 0 Å². The van der Waals surface area contributed by atoms with Crippen molar-refractivity contribution in [2.45, 2.75) is 0 Å².